The van der Waals surface area contributed by atoms with Crippen LogP contribution in [-0.2, 0) is 0 Å². The van der Waals surface area contributed by atoms with Gasteiger partial charge in [-0.15, -0.1) is 0 Å². The minimum atomic E-state index is -0.629. The average Bonchev–Trinajstić information content (AvgIpc) is 2.57. The van der Waals surface area contributed by atoms with Gasteiger partial charge in [0.05, 0.1) is 4.92 Å². The summed E-state index contributed by atoms with van der Waals surface area (Å²) in [5, 5.41) is 12.9. The van der Waals surface area contributed by atoms with Gasteiger partial charge in [0.2, 0.25) is 5.78 Å². The molecule has 0 bridgehead atoms. The zero-order chi connectivity index (χ0) is 16.1. The minimum Gasteiger partial charge on any atom is -0.289 e. The van der Waals surface area contributed by atoms with Gasteiger partial charge in [0.15, 0.2) is 5.78 Å². The average molecular weight is 303 g/mol. The lowest BCUT2D eigenvalue weighted by atomic mass is 9.82. The normalized spacial score (nSPS) is 12.9. The maximum Gasteiger partial charge on any atom is 0.281 e. The molecule has 5 nitrogen and oxygen atoms in total. The van der Waals surface area contributed by atoms with E-state index < -0.39 is 10.7 Å². The molecule has 0 unspecified atom stereocenters. The highest BCUT2D eigenvalue weighted by Gasteiger charge is 2.35. The van der Waals surface area contributed by atoms with E-state index in [1.807, 2.05) is 24.3 Å². The maximum atomic E-state index is 12.8. The van der Waals surface area contributed by atoms with Crippen molar-refractivity contribution in [2.24, 2.45) is 0 Å². The van der Waals surface area contributed by atoms with Crippen LogP contribution in [0.15, 0.2) is 54.6 Å². The first-order valence-corrected chi connectivity index (χ1v) is 6.97. The molecule has 3 aromatic rings. The molecule has 0 fully saturated rings. The third-order valence-electron chi connectivity index (χ3n) is 4.09. The standard InChI is InChI=1S/C18H9NO4/c20-17-12-6-3-7-15(19(22)23)16(12)18(21)14-9-11-5-2-1-4-10(11)8-13(14)17/h1-9H. The zero-order valence-electron chi connectivity index (χ0n) is 11.8. The molecule has 0 atom stereocenters. The molecular weight excluding hydrogens is 294 g/mol. The van der Waals surface area contributed by atoms with Crippen LogP contribution >= 0.6 is 0 Å². The molecule has 4 rings (SSSR count). The van der Waals surface area contributed by atoms with Crippen LogP contribution in [0.4, 0.5) is 5.69 Å². The van der Waals surface area contributed by atoms with Crippen molar-refractivity contribution in [2.75, 3.05) is 0 Å². The Balaban J connectivity index is 2.07. The van der Waals surface area contributed by atoms with E-state index in [9.17, 15) is 19.7 Å². The van der Waals surface area contributed by atoms with Gasteiger partial charge in [-0.25, -0.2) is 0 Å². The molecule has 0 saturated heterocycles. The number of hydrogen-bond acceptors (Lipinski definition) is 4. The summed E-state index contributed by atoms with van der Waals surface area (Å²) >= 11 is 0. The van der Waals surface area contributed by atoms with Crippen molar-refractivity contribution in [1.29, 1.82) is 0 Å². The number of nitro benzene ring substituents is 1. The predicted octanol–water partition coefficient (Wildman–Crippen LogP) is 3.52. The summed E-state index contributed by atoms with van der Waals surface area (Å²) in [6.07, 6.45) is 0. The summed E-state index contributed by atoms with van der Waals surface area (Å²) in [7, 11) is 0. The van der Waals surface area contributed by atoms with Crippen molar-refractivity contribution >= 4 is 28.0 Å². The van der Waals surface area contributed by atoms with Crippen LogP contribution in [0.2, 0.25) is 0 Å². The first kappa shape index (κ1) is 13.3. The van der Waals surface area contributed by atoms with Crippen LogP contribution in [0, 0.1) is 10.1 Å². The fourth-order valence-corrected chi connectivity index (χ4v) is 3.02. The number of rotatable bonds is 1. The molecule has 1 aliphatic rings. The van der Waals surface area contributed by atoms with Gasteiger partial charge in [-0.1, -0.05) is 30.3 Å². The molecular formula is C18H9NO4. The molecule has 0 saturated carbocycles. The Bertz CT molecular complexity index is 1040. The second-order valence-electron chi connectivity index (χ2n) is 5.36. The van der Waals surface area contributed by atoms with Crippen molar-refractivity contribution in [3.8, 4) is 0 Å². The lowest BCUT2D eigenvalue weighted by Gasteiger charge is -2.18. The van der Waals surface area contributed by atoms with Gasteiger partial charge < -0.3 is 0 Å². The lowest BCUT2D eigenvalue weighted by Crippen LogP contribution is -2.22. The van der Waals surface area contributed by atoms with Gasteiger partial charge in [-0.05, 0) is 29.0 Å². The van der Waals surface area contributed by atoms with E-state index >= 15 is 0 Å². The summed E-state index contributed by atoms with van der Waals surface area (Å²) in [5.74, 6) is -0.836. The number of carbonyl (C=O) groups excluding carboxylic acids is 2. The molecule has 110 valence electrons. The van der Waals surface area contributed by atoms with Gasteiger partial charge in [0, 0.05) is 22.8 Å². The number of carbonyl (C=O) groups is 2. The largest absolute Gasteiger partial charge is 0.289 e. The molecule has 0 heterocycles. The second-order valence-corrected chi connectivity index (χ2v) is 5.36. The monoisotopic (exact) mass is 303 g/mol. The van der Waals surface area contributed by atoms with Gasteiger partial charge in [-0.3, -0.25) is 19.7 Å². The summed E-state index contributed by atoms with van der Waals surface area (Å²) in [4.78, 5) is 36.0. The summed E-state index contributed by atoms with van der Waals surface area (Å²) < 4.78 is 0. The SMILES string of the molecule is O=C1c2cc3ccccc3cc2C(=O)c2c1cccc2[N+](=O)[O-]. The van der Waals surface area contributed by atoms with E-state index in [1.165, 1.54) is 18.2 Å². The van der Waals surface area contributed by atoms with Gasteiger partial charge in [0.25, 0.3) is 5.69 Å². The first-order chi connectivity index (χ1) is 11.1. The summed E-state index contributed by atoms with van der Waals surface area (Å²) in [5.41, 5.74) is 0.147. The third kappa shape index (κ3) is 1.80. The smallest absolute Gasteiger partial charge is 0.281 e. The molecule has 23 heavy (non-hydrogen) atoms. The molecule has 1 aliphatic carbocycles. The number of hydrogen-bond donors (Lipinski definition) is 0. The fourth-order valence-electron chi connectivity index (χ4n) is 3.02. The topological polar surface area (TPSA) is 77.3 Å². The van der Waals surface area contributed by atoms with Crippen LogP contribution in [-0.4, -0.2) is 16.5 Å². The van der Waals surface area contributed by atoms with Crippen LogP contribution in [0.1, 0.15) is 31.8 Å². The van der Waals surface area contributed by atoms with E-state index in [4.69, 9.17) is 0 Å². The highest BCUT2D eigenvalue weighted by Crippen LogP contribution is 2.34. The summed E-state index contributed by atoms with van der Waals surface area (Å²) in [6.45, 7) is 0. The predicted molar refractivity (Wildman–Crippen MR) is 83.9 cm³/mol. The number of nitro groups is 1. The Morgan fingerprint density at radius 3 is 1.96 bits per heavy atom. The molecule has 5 heteroatoms. The van der Waals surface area contributed by atoms with Crippen molar-refractivity contribution in [3.63, 3.8) is 0 Å². The first-order valence-electron chi connectivity index (χ1n) is 6.97. The molecule has 0 spiro atoms. The number of nitrogens with zero attached hydrogens (tertiary/aromatic N) is 1. The number of benzene rings is 3. The highest BCUT2D eigenvalue weighted by molar-refractivity contribution is 6.30. The quantitative estimate of drug-likeness (QED) is 0.398. The van der Waals surface area contributed by atoms with Gasteiger partial charge >= 0.3 is 0 Å². The Hall–Kier alpha value is -3.34. The molecule has 0 aliphatic heterocycles. The number of fused-ring (bicyclic) bond motifs is 3. The van der Waals surface area contributed by atoms with E-state index in [0.717, 1.165) is 10.8 Å². The zero-order valence-corrected chi connectivity index (χ0v) is 11.8. The van der Waals surface area contributed by atoms with Crippen LogP contribution in [0.25, 0.3) is 10.8 Å². The fraction of sp³-hybridized carbons (Fsp3) is 0. The highest BCUT2D eigenvalue weighted by atomic mass is 16.6. The molecule has 0 radical (unpaired) electrons. The van der Waals surface area contributed by atoms with Crippen LogP contribution in [0.3, 0.4) is 0 Å². The molecule has 0 aromatic heterocycles. The van der Waals surface area contributed by atoms with Gasteiger partial charge in [-0.2, -0.15) is 0 Å². The van der Waals surface area contributed by atoms with E-state index in [0.29, 0.717) is 5.56 Å². The molecule has 0 amide bonds. The Kier molecular flexibility index (Phi) is 2.65. The lowest BCUT2D eigenvalue weighted by molar-refractivity contribution is -0.385. The number of ketones is 2. The second kappa shape index (κ2) is 4.58. The maximum absolute atomic E-state index is 12.8. The van der Waals surface area contributed by atoms with Gasteiger partial charge in [0.1, 0.15) is 5.56 Å². The minimum absolute atomic E-state index is 0.0898. The van der Waals surface area contributed by atoms with Crippen LogP contribution < -0.4 is 0 Å². The van der Waals surface area contributed by atoms with Crippen molar-refractivity contribution in [2.45, 2.75) is 0 Å². The van der Waals surface area contributed by atoms with E-state index in [-0.39, 0.29) is 28.2 Å². The molecule has 3 aromatic carbocycles. The third-order valence-corrected chi connectivity index (χ3v) is 4.09. The van der Waals surface area contributed by atoms with Crippen molar-refractivity contribution in [3.05, 3.63) is 87.0 Å². The Morgan fingerprint density at radius 2 is 1.35 bits per heavy atom. The molecule has 0 N–H and O–H groups in total. The Labute approximate surface area is 130 Å². The van der Waals surface area contributed by atoms with Crippen molar-refractivity contribution < 1.29 is 14.5 Å². The van der Waals surface area contributed by atoms with E-state index in [2.05, 4.69) is 0 Å². The van der Waals surface area contributed by atoms with Crippen LogP contribution in [0.5, 0.6) is 0 Å². The van der Waals surface area contributed by atoms with Crippen molar-refractivity contribution in [1.82, 2.24) is 0 Å². The Morgan fingerprint density at radius 1 is 0.739 bits per heavy atom. The summed E-state index contributed by atoms with van der Waals surface area (Å²) in [6, 6.07) is 14.8. The van der Waals surface area contributed by atoms with E-state index in [1.54, 1.807) is 12.1 Å².